The largest absolute Gasteiger partial charge is 0.479 e. The van der Waals surface area contributed by atoms with Crippen LogP contribution in [0.4, 0.5) is 0 Å². The Bertz CT molecular complexity index is 240. The van der Waals surface area contributed by atoms with Crippen LogP contribution in [-0.4, -0.2) is 51.0 Å². The van der Waals surface area contributed by atoms with Crippen molar-refractivity contribution in [1.29, 1.82) is 0 Å². The number of aliphatic hydroxyl groups excluding tert-OH is 3. The van der Waals surface area contributed by atoms with Gasteiger partial charge in [-0.1, -0.05) is 6.08 Å². The maximum absolute atomic E-state index is 10.6. The summed E-state index contributed by atoms with van der Waals surface area (Å²) in [5.74, 6) is -2.26. The normalized spacial score (nSPS) is 43.2. The molecule has 0 amide bonds. The summed E-state index contributed by atoms with van der Waals surface area (Å²) in [6.07, 6.45) is -4.81. The van der Waals surface area contributed by atoms with Gasteiger partial charge in [0.1, 0.15) is 6.10 Å². The van der Waals surface area contributed by atoms with E-state index in [0.29, 0.717) is 0 Å². The van der Waals surface area contributed by atoms with Crippen LogP contribution in [0.2, 0.25) is 0 Å². The van der Waals surface area contributed by atoms with Gasteiger partial charge in [-0.15, -0.1) is 6.58 Å². The molecule has 0 aromatic carbocycles. The molecule has 1 fully saturated rings. The second-order valence-electron chi connectivity index (χ2n) is 3.08. The summed E-state index contributed by atoms with van der Waals surface area (Å²) in [6, 6.07) is 0. The zero-order valence-electron chi connectivity index (χ0n) is 7.28. The fourth-order valence-corrected chi connectivity index (χ4v) is 1.38. The van der Waals surface area contributed by atoms with Crippen molar-refractivity contribution in [2.75, 3.05) is 0 Å². The lowest BCUT2D eigenvalue weighted by Crippen LogP contribution is -2.56. The first-order valence-corrected chi connectivity index (χ1v) is 4.04. The van der Waals surface area contributed by atoms with E-state index in [-0.39, 0.29) is 0 Å². The van der Waals surface area contributed by atoms with E-state index >= 15 is 0 Å². The third-order valence-corrected chi connectivity index (χ3v) is 2.19. The molecule has 0 radical (unpaired) electrons. The van der Waals surface area contributed by atoms with E-state index in [1.807, 2.05) is 0 Å². The zero-order valence-corrected chi connectivity index (χ0v) is 7.28. The maximum Gasteiger partial charge on any atom is 0.333 e. The van der Waals surface area contributed by atoms with Crippen LogP contribution in [0, 0.1) is 5.92 Å². The molecule has 5 atom stereocenters. The Kier molecular flexibility index (Phi) is 3.22. The average Bonchev–Trinajstić information content (AvgIpc) is 2.13. The van der Waals surface area contributed by atoms with Gasteiger partial charge in [0.05, 0.1) is 6.10 Å². The van der Waals surface area contributed by atoms with Gasteiger partial charge in [-0.05, 0) is 0 Å². The Morgan fingerprint density at radius 2 is 1.86 bits per heavy atom. The lowest BCUT2D eigenvalue weighted by Gasteiger charge is -2.37. The number of aliphatic carboxylic acids is 1. The number of ether oxygens (including phenoxy) is 1. The highest BCUT2D eigenvalue weighted by Gasteiger charge is 2.45. The van der Waals surface area contributed by atoms with Crippen LogP contribution < -0.4 is 0 Å². The van der Waals surface area contributed by atoms with Gasteiger partial charge in [0.25, 0.3) is 0 Å². The van der Waals surface area contributed by atoms with Crippen LogP contribution in [0.25, 0.3) is 0 Å². The molecular formula is C8H12O6. The predicted octanol–water partition coefficient (Wildman–Crippen LogP) is -1.69. The molecule has 0 aliphatic carbocycles. The number of carboxylic acid groups (broad SMARTS) is 1. The Morgan fingerprint density at radius 3 is 2.29 bits per heavy atom. The Morgan fingerprint density at radius 1 is 1.29 bits per heavy atom. The minimum Gasteiger partial charge on any atom is -0.479 e. The molecule has 1 rings (SSSR count). The van der Waals surface area contributed by atoms with Gasteiger partial charge in [-0.25, -0.2) is 4.79 Å². The topological polar surface area (TPSA) is 107 Å². The minimum absolute atomic E-state index is 0.939. The van der Waals surface area contributed by atoms with Gasteiger partial charge in [0.15, 0.2) is 12.4 Å². The highest BCUT2D eigenvalue weighted by molar-refractivity contribution is 5.73. The third kappa shape index (κ3) is 1.78. The zero-order chi connectivity index (χ0) is 10.9. The first kappa shape index (κ1) is 11.1. The van der Waals surface area contributed by atoms with Crippen molar-refractivity contribution in [3.05, 3.63) is 12.7 Å². The fraction of sp³-hybridized carbons (Fsp3) is 0.625. The van der Waals surface area contributed by atoms with E-state index in [4.69, 9.17) is 10.2 Å². The number of hydrogen-bond donors (Lipinski definition) is 4. The van der Waals surface area contributed by atoms with Gasteiger partial charge in [0.2, 0.25) is 0 Å². The molecule has 5 unspecified atom stereocenters. The first-order chi connectivity index (χ1) is 6.49. The van der Waals surface area contributed by atoms with Gasteiger partial charge < -0.3 is 25.2 Å². The number of carboxylic acids is 1. The van der Waals surface area contributed by atoms with Crippen LogP contribution in [0.1, 0.15) is 0 Å². The van der Waals surface area contributed by atoms with Crippen LogP contribution in [0.15, 0.2) is 12.7 Å². The van der Waals surface area contributed by atoms with Crippen LogP contribution >= 0.6 is 0 Å². The van der Waals surface area contributed by atoms with Gasteiger partial charge >= 0.3 is 5.97 Å². The standard InChI is InChI=1S/C8H12O6/c1-2-3-4(9)5(10)8(13)14-6(3)7(11)12/h2-6,8-10,13H,1H2,(H,11,12). The molecule has 6 nitrogen and oxygen atoms in total. The van der Waals surface area contributed by atoms with E-state index < -0.39 is 36.5 Å². The quantitative estimate of drug-likeness (QED) is 0.400. The summed E-state index contributed by atoms with van der Waals surface area (Å²) in [5.41, 5.74) is 0. The molecule has 0 bridgehead atoms. The summed E-state index contributed by atoms with van der Waals surface area (Å²) in [7, 11) is 0. The molecule has 6 heteroatoms. The molecule has 4 N–H and O–H groups in total. The third-order valence-electron chi connectivity index (χ3n) is 2.19. The highest BCUT2D eigenvalue weighted by atomic mass is 16.6. The van der Waals surface area contributed by atoms with E-state index in [2.05, 4.69) is 11.3 Å². The molecule has 0 aromatic heterocycles. The van der Waals surface area contributed by atoms with Crippen LogP contribution in [0.3, 0.4) is 0 Å². The summed E-state index contributed by atoms with van der Waals surface area (Å²) >= 11 is 0. The minimum atomic E-state index is -1.69. The summed E-state index contributed by atoms with van der Waals surface area (Å²) in [4.78, 5) is 10.6. The molecule has 0 saturated carbocycles. The molecule has 1 heterocycles. The monoisotopic (exact) mass is 204 g/mol. The van der Waals surface area contributed by atoms with E-state index in [0.717, 1.165) is 0 Å². The summed E-state index contributed by atoms with van der Waals surface area (Å²) in [6.45, 7) is 3.33. The number of carbonyl (C=O) groups is 1. The van der Waals surface area contributed by atoms with Crippen molar-refractivity contribution in [3.63, 3.8) is 0 Å². The average molecular weight is 204 g/mol. The molecular weight excluding hydrogens is 192 g/mol. The van der Waals surface area contributed by atoms with Crippen molar-refractivity contribution in [3.8, 4) is 0 Å². The Hall–Kier alpha value is -0.950. The van der Waals surface area contributed by atoms with Crippen LogP contribution in [-0.2, 0) is 9.53 Å². The number of hydrogen-bond acceptors (Lipinski definition) is 5. The Labute approximate surface area is 80.1 Å². The summed E-state index contributed by atoms with van der Waals surface area (Å²) in [5, 5.41) is 36.3. The molecule has 1 aliphatic rings. The maximum atomic E-state index is 10.6. The van der Waals surface area contributed by atoms with Crippen LogP contribution in [0.5, 0.6) is 0 Å². The molecule has 80 valence electrons. The lowest BCUT2D eigenvalue weighted by molar-refractivity contribution is -0.261. The smallest absolute Gasteiger partial charge is 0.333 e. The SMILES string of the molecule is C=CC1C(C(=O)O)OC(O)C(O)C1O. The van der Waals surface area contributed by atoms with Crippen molar-refractivity contribution in [1.82, 2.24) is 0 Å². The fourth-order valence-electron chi connectivity index (χ4n) is 1.38. The van der Waals surface area contributed by atoms with Gasteiger partial charge in [-0.2, -0.15) is 0 Å². The van der Waals surface area contributed by atoms with E-state index in [9.17, 15) is 15.0 Å². The van der Waals surface area contributed by atoms with Crippen molar-refractivity contribution in [2.45, 2.75) is 24.6 Å². The Balaban J connectivity index is 2.87. The lowest BCUT2D eigenvalue weighted by atomic mass is 9.89. The van der Waals surface area contributed by atoms with Crippen molar-refractivity contribution < 1.29 is 30.0 Å². The summed E-state index contributed by atoms with van der Waals surface area (Å²) < 4.78 is 4.61. The van der Waals surface area contributed by atoms with E-state index in [1.165, 1.54) is 6.08 Å². The molecule has 1 aliphatic heterocycles. The molecule has 14 heavy (non-hydrogen) atoms. The highest BCUT2D eigenvalue weighted by Crippen LogP contribution is 2.26. The second kappa shape index (κ2) is 4.05. The molecule has 0 spiro atoms. The van der Waals surface area contributed by atoms with E-state index in [1.54, 1.807) is 0 Å². The number of rotatable bonds is 2. The predicted molar refractivity (Wildman–Crippen MR) is 44.2 cm³/mol. The van der Waals surface area contributed by atoms with Crippen molar-refractivity contribution >= 4 is 5.97 Å². The van der Waals surface area contributed by atoms with Gasteiger partial charge in [0, 0.05) is 5.92 Å². The number of aliphatic hydroxyl groups is 3. The van der Waals surface area contributed by atoms with Crippen molar-refractivity contribution in [2.24, 2.45) is 5.92 Å². The van der Waals surface area contributed by atoms with Gasteiger partial charge in [-0.3, -0.25) is 0 Å². The molecule has 0 aromatic rings. The first-order valence-electron chi connectivity index (χ1n) is 4.04. The molecule has 1 saturated heterocycles. The second-order valence-corrected chi connectivity index (χ2v) is 3.08.